The molecule has 0 amide bonds. The lowest BCUT2D eigenvalue weighted by atomic mass is 10.1. The molecule has 0 spiro atoms. The number of rotatable bonds is 5. The standard InChI is InChI=1S/C15H21N3S/c1-18-10-4-5-12(18)8-9-16-11-15-17-13-6-2-3-7-14(13)19-15/h2-3,6-7,12,16H,4-5,8-11H2,1H3. The smallest absolute Gasteiger partial charge is 0.108 e. The first-order chi connectivity index (χ1) is 9.33. The Kier molecular flexibility index (Phi) is 4.11. The average Bonchev–Trinajstić information content (AvgIpc) is 3.00. The van der Waals surface area contributed by atoms with Gasteiger partial charge in [-0.3, -0.25) is 0 Å². The minimum atomic E-state index is 0.780. The lowest BCUT2D eigenvalue weighted by Crippen LogP contribution is -2.28. The maximum atomic E-state index is 4.64. The van der Waals surface area contributed by atoms with Gasteiger partial charge in [0.1, 0.15) is 5.01 Å². The molecule has 1 aliphatic rings. The van der Waals surface area contributed by atoms with Crippen LogP contribution < -0.4 is 5.32 Å². The zero-order chi connectivity index (χ0) is 13.1. The van der Waals surface area contributed by atoms with Gasteiger partial charge >= 0.3 is 0 Å². The van der Waals surface area contributed by atoms with Gasteiger partial charge in [0, 0.05) is 12.6 Å². The highest BCUT2D eigenvalue weighted by Crippen LogP contribution is 2.21. The first-order valence-electron chi connectivity index (χ1n) is 7.08. The molecule has 1 atom stereocenters. The molecule has 1 aromatic heterocycles. The minimum absolute atomic E-state index is 0.780. The summed E-state index contributed by atoms with van der Waals surface area (Å²) in [6.07, 6.45) is 3.97. The highest BCUT2D eigenvalue weighted by atomic mass is 32.1. The van der Waals surface area contributed by atoms with Gasteiger partial charge in [-0.1, -0.05) is 12.1 Å². The fourth-order valence-corrected chi connectivity index (χ4v) is 3.74. The van der Waals surface area contributed by atoms with Gasteiger partial charge < -0.3 is 10.2 Å². The number of fused-ring (bicyclic) bond motifs is 1. The van der Waals surface area contributed by atoms with Crippen molar-refractivity contribution in [2.75, 3.05) is 20.1 Å². The maximum absolute atomic E-state index is 4.64. The van der Waals surface area contributed by atoms with E-state index in [9.17, 15) is 0 Å². The second-order valence-electron chi connectivity index (χ2n) is 5.32. The van der Waals surface area contributed by atoms with Crippen LogP contribution in [0.4, 0.5) is 0 Å². The number of nitrogens with zero attached hydrogens (tertiary/aromatic N) is 2. The molecule has 1 unspecified atom stereocenters. The van der Waals surface area contributed by atoms with Crippen LogP contribution in [-0.4, -0.2) is 36.1 Å². The van der Waals surface area contributed by atoms with E-state index in [2.05, 4.69) is 46.5 Å². The summed E-state index contributed by atoms with van der Waals surface area (Å²) in [7, 11) is 2.24. The third-order valence-electron chi connectivity index (χ3n) is 3.94. The molecule has 102 valence electrons. The van der Waals surface area contributed by atoms with E-state index in [1.165, 1.54) is 35.5 Å². The third kappa shape index (κ3) is 3.14. The largest absolute Gasteiger partial charge is 0.310 e. The monoisotopic (exact) mass is 275 g/mol. The topological polar surface area (TPSA) is 28.2 Å². The van der Waals surface area contributed by atoms with Gasteiger partial charge in [0.05, 0.1) is 10.2 Å². The van der Waals surface area contributed by atoms with Crippen LogP contribution in [0.5, 0.6) is 0 Å². The Balaban J connectivity index is 1.47. The van der Waals surface area contributed by atoms with Crippen molar-refractivity contribution < 1.29 is 0 Å². The van der Waals surface area contributed by atoms with Crippen molar-refractivity contribution in [3.63, 3.8) is 0 Å². The van der Waals surface area contributed by atoms with Crippen LogP contribution in [0.25, 0.3) is 10.2 Å². The summed E-state index contributed by atoms with van der Waals surface area (Å²) in [5.74, 6) is 0. The van der Waals surface area contributed by atoms with Gasteiger partial charge in [-0.15, -0.1) is 11.3 Å². The summed E-state index contributed by atoms with van der Waals surface area (Å²) in [4.78, 5) is 7.13. The van der Waals surface area contributed by atoms with Gasteiger partial charge in [-0.05, 0) is 51.5 Å². The van der Waals surface area contributed by atoms with Crippen LogP contribution in [-0.2, 0) is 6.54 Å². The SMILES string of the molecule is CN1CCCC1CCNCc1nc2ccccc2s1. The van der Waals surface area contributed by atoms with Gasteiger partial charge in [-0.25, -0.2) is 4.98 Å². The molecule has 1 fully saturated rings. The van der Waals surface area contributed by atoms with Gasteiger partial charge in [0.2, 0.25) is 0 Å². The number of hydrogen-bond acceptors (Lipinski definition) is 4. The van der Waals surface area contributed by atoms with E-state index in [0.717, 1.165) is 24.6 Å². The van der Waals surface area contributed by atoms with Gasteiger partial charge in [0.25, 0.3) is 0 Å². The molecule has 1 N–H and O–H groups in total. The third-order valence-corrected chi connectivity index (χ3v) is 4.98. The average molecular weight is 275 g/mol. The van der Waals surface area contributed by atoms with Crippen molar-refractivity contribution in [1.82, 2.24) is 15.2 Å². The number of hydrogen-bond donors (Lipinski definition) is 1. The van der Waals surface area contributed by atoms with E-state index in [0.29, 0.717) is 0 Å². The molecule has 0 radical (unpaired) electrons. The van der Waals surface area contributed by atoms with Crippen LogP contribution >= 0.6 is 11.3 Å². The maximum Gasteiger partial charge on any atom is 0.108 e. The van der Waals surface area contributed by atoms with Crippen LogP contribution in [0.15, 0.2) is 24.3 Å². The van der Waals surface area contributed by atoms with E-state index in [1.54, 1.807) is 11.3 Å². The lowest BCUT2D eigenvalue weighted by molar-refractivity contribution is 0.293. The summed E-state index contributed by atoms with van der Waals surface area (Å²) >= 11 is 1.80. The second-order valence-corrected chi connectivity index (χ2v) is 6.43. The Labute approximate surface area is 118 Å². The predicted molar refractivity (Wildman–Crippen MR) is 81.6 cm³/mol. The Bertz CT molecular complexity index is 504. The van der Waals surface area contributed by atoms with Crippen molar-refractivity contribution in [1.29, 1.82) is 0 Å². The molecule has 0 saturated carbocycles. The van der Waals surface area contributed by atoms with Crippen molar-refractivity contribution in [3.05, 3.63) is 29.3 Å². The first kappa shape index (κ1) is 13.0. The summed E-state index contributed by atoms with van der Waals surface area (Å²) in [6.45, 7) is 3.25. The van der Waals surface area contributed by atoms with Crippen LogP contribution in [0.1, 0.15) is 24.3 Å². The van der Waals surface area contributed by atoms with Crippen molar-refractivity contribution >= 4 is 21.6 Å². The van der Waals surface area contributed by atoms with E-state index in [4.69, 9.17) is 0 Å². The number of para-hydroxylation sites is 1. The highest BCUT2D eigenvalue weighted by molar-refractivity contribution is 7.18. The molecule has 2 heterocycles. The van der Waals surface area contributed by atoms with Crippen molar-refractivity contribution in [2.45, 2.75) is 31.8 Å². The number of aromatic nitrogens is 1. The summed E-state index contributed by atoms with van der Waals surface area (Å²) in [5.41, 5.74) is 1.12. The van der Waals surface area contributed by atoms with E-state index in [1.807, 2.05) is 0 Å². The fourth-order valence-electron chi connectivity index (χ4n) is 2.80. The van der Waals surface area contributed by atoms with E-state index < -0.39 is 0 Å². The predicted octanol–water partition coefficient (Wildman–Crippen LogP) is 2.87. The Morgan fingerprint density at radius 1 is 1.42 bits per heavy atom. The molecule has 1 saturated heterocycles. The van der Waals surface area contributed by atoms with E-state index in [-0.39, 0.29) is 0 Å². The lowest BCUT2D eigenvalue weighted by Gasteiger charge is -2.19. The quantitative estimate of drug-likeness (QED) is 0.851. The zero-order valence-electron chi connectivity index (χ0n) is 11.4. The van der Waals surface area contributed by atoms with Gasteiger partial charge in [-0.2, -0.15) is 0 Å². The number of thiazole rings is 1. The minimum Gasteiger partial charge on any atom is -0.310 e. The van der Waals surface area contributed by atoms with Crippen LogP contribution in [0.2, 0.25) is 0 Å². The highest BCUT2D eigenvalue weighted by Gasteiger charge is 2.19. The van der Waals surface area contributed by atoms with Crippen LogP contribution in [0, 0.1) is 0 Å². The Hall–Kier alpha value is -0.970. The molecule has 0 bridgehead atoms. The molecular weight excluding hydrogens is 254 g/mol. The first-order valence-corrected chi connectivity index (χ1v) is 7.90. The molecule has 1 aliphatic heterocycles. The molecular formula is C15H21N3S. The zero-order valence-corrected chi connectivity index (χ0v) is 12.2. The van der Waals surface area contributed by atoms with E-state index >= 15 is 0 Å². The number of nitrogens with one attached hydrogen (secondary N) is 1. The molecule has 4 heteroatoms. The molecule has 1 aromatic carbocycles. The summed E-state index contributed by atoms with van der Waals surface area (Å²) in [5, 5.41) is 4.73. The molecule has 0 aliphatic carbocycles. The fraction of sp³-hybridized carbons (Fsp3) is 0.533. The van der Waals surface area contributed by atoms with Crippen LogP contribution in [0.3, 0.4) is 0 Å². The molecule has 2 aromatic rings. The Morgan fingerprint density at radius 2 is 2.32 bits per heavy atom. The summed E-state index contributed by atoms with van der Waals surface area (Å²) < 4.78 is 1.29. The Morgan fingerprint density at radius 3 is 3.11 bits per heavy atom. The molecule has 3 rings (SSSR count). The number of likely N-dealkylation sites (tertiary alicyclic amines) is 1. The second kappa shape index (κ2) is 5.99. The summed E-state index contributed by atoms with van der Waals surface area (Å²) in [6, 6.07) is 9.14. The van der Waals surface area contributed by atoms with Crippen molar-refractivity contribution in [2.24, 2.45) is 0 Å². The molecule has 3 nitrogen and oxygen atoms in total. The molecule has 19 heavy (non-hydrogen) atoms. The van der Waals surface area contributed by atoms with Crippen molar-refractivity contribution in [3.8, 4) is 0 Å². The number of benzene rings is 1. The van der Waals surface area contributed by atoms with Gasteiger partial charge in [0.15, 0.2) is 0 Å². The normalized spacial score (nSPS) is 20.4.